The predicted octanol–water partition coefficient (Wildman–Crippen LogP) is 3.72. The van der Waals surface area contributed by atoms with E-state index in [1.807, 2.05) is 13.8 Å². The van der Waals surface area contributed by atoms with Crippen molar-refractivity contribution in [2.24, 2.45) is 0 Å². The average molecular weight is 359 g/mol. The van der Waals surface area contributed by atoms with E-state index in [2.05, 4.69) is 12.0 Å². The largest absolute Gasteiger partial charge is 0.334 e. The quantitative estimate of drug-likeness (QED) is 0.757. The van der Waals surface area contributed by atoms with Gasteiger partial charge in [-0.1, -0.05) is 32.4 Å². The molecule has 6 heteroatoms. The van der Waals surface area contributed by atoms with Crippen LogP contribution in [0.2, 0.25) is 0 Å². The van der Waals surface area contributed by atoms with Gasteiger partial charge in [0.25, 0.3) is 5.91 Å². The first-order chi connectivity index (χ1) is 12.4. The zero-order valence-corrected chi connectivity index (χ0v) is 15.8. The van der Waals surface area contributed by atoms with E-state index in [1.54, 1.807) is 30.0 Å². The molecular formula is C20H26FN3O2. The molecule has 2 aromatic rings. The number of hydrogen-bond acceptors (Lipinski definition) is 3. The number of aryl methyl sites for hydroxylation is 1. The highest BCUT2D eigenvalue weighted by Gasteiger charge is 2.25. The molecule has 1 aromatic heterocycles. The molecule has 0 saturated heterocycles. The fraction of sp³-hybridized carbons (Fsp3) is 0.450. The molecule has 0 fully saturated rings. The fourth-order valence-corrected chi connectivity index (χ4v) is 2.77. The Morgan fingerprint density at radius 1 is 1.31 bits per heavy atom. The molecule has 1 heterocycles. The van der Waals surface area contributed by atoms with Crippen LogP contribution in [0.25, 0.3) is 5.69 Å². The van der Waals surface area contributed by atoms with E-state index in [0.717, 1.165) is 19.3 Å². The second-order valence-electron chi connectivity index (χ2n) is 6.47. The smallest absolute Gasteiger partial charge is 0.278 e. The summed E-state index contributed by atoms with van der Waals surface area (Å²) >= 11 is 0. The maximum absolute atomic E-state index is 14.2. The van der Waals surface area contributed by atoms with Crippen LogP contribution in [0.4, 0.5) is 4.39 Å². The molecule has 0 saturated carbocycles. The fourth-order valence-electron chi connectivity index (χ4n) is 2.77. The molecule has 0 radical (unpaired) electrons. The van der Waals surface area contributed by atoms with Gasteiger partial charge in [-0.15, -0.1) is 0 Å². The first-order valence-electron chi connectivity index (χ1n) is 9.07. The molecule has 1 amide bonds. The van der Waals surface area contributed by atoms with Gasteiger partial charge in [0.15, 0.2) is 5.69 Å². The minimum Gasteiger partial charge on any atom is -0.334 e. The SMILES string of the molecule is CCCCN(C(=O)c1nn(-c2ccccc2F)c(C)cc1=O)C(C)CC. The van der Waals surface area contributed by atoms with Crippen LogP contribution in [0.1, 0.15) is 56.2 Å². The maximum Gasteiger partial charge on any atom is 0.278 e. The van der Waals surface area contributed by atoms with Crippen molar-refractivity contribution in [2.45, 2.75) is 53.0 Å². The lowest BCUT2D eigenvalue weighted by atomic mass is 10.1. The van der Waals surface area contributed by atoms with E-state index < -0.39 is 17.2 Å². The Morgan fingerprint density at radius 2 is 2.00 bits per heavy atom. The molecule has 140 valence electrons. The molecule has 26 heavy (non-hydrogen) atoms. The molecule has 5 nitrogen and oxygen atoms in total. The van der Waals surface area contributed by atoms with Crippen LogP contribution in [-0.2, 0) is 0 Å². The monoisotopic (exact) mass is 359 g/mol. The summed E-state index contributed by atoms with van der Waals surface area (Å²) in [6.07, 6.45) is 2.58. The summed E-state index contributed by atoms with van der Waals surface area (Å²) in [6, 6.07) is 7.49. The van der Waals surface area contributed by atoms with Gasteiger partial charge in [-0.05, 0) is 38.8 Å². The third-order valence-corrected chi connectivity index (χ3v) is 4.53. The molecule has 1 aromatic carbocycles. The molecule has 0 aliphatic heterocycles. The highest BCUT2D eigenvalue weighted by Crippen LogP contribution is 2.14. The van der Waals surface area contributed by atoms with E-state index in [1.165, 1.54) is 16.8 Å². The van der Waals surface area contributed by atoms with Crippen LogP contribution in [0.15, 0.2) is 35.1 Å². The lowest BCUT2D eigenvalue weighted by molar-refractivity contribution is 0.0675. The summed E-state index contributed by atoms with van der Waals surface area (Å²) in [5.41, 5.74) is 0.0724. The standard InChI is InChI=1S/C20H26FN3O2/c1-5-7-12-23(14(3)6-2)20(26)19-18(25)13-15(4)24(22-19)17-11-9-8-10-16(17)21/h8-11,13-14H,5-7,12H2,1-4H3. The lowest BCUT2D eigenvalue weighted by Crippen LogP contribution is -2.42. The highest BCUT2D eigenvalue weighted by molar-refractivity contribution is 5.92. The van der Waals surface area contributed by atoms with Crippen molar-refractivity contribution in [3.8, 4) is 5.69 Å². The van der Waals surface area contributed by atoms with Crippen LogP contribution >= 0.6 is 0 Å². The normalized spacial score (nSPS) is 12.0. The van der Waals surface area contributed by atoms with E-state index >= 15 is 0 Å². The van der Waals surface area contributed by atoms with Crippen molar-refractivity contribution < 1.29 is 9.18 Å². The predicted molar refractivity (Wildman–Crippen MR) is 100 cm³/mol. The van der Waals surface area contributed by atoms with E-state index in [-0.39, 0.29) is 17.4 Å². The maximum atomic E-state index is 14.2. The first-order valence-corrected chi connectivity index (χ1v) is 9.07. The minimum absolute atomic E-state index is 0.00142. The molecule has 0 aliphatic carbocycles. The number of amides is 1. The third kappa shape index (κ3) is 4.18. The number of unbranched alkanes of at least 4 members (excludes halogenated alkanes) is 1. The molecule has 1 unspecified atom stereocenters. The molecule has 2 rings (SSSR count). The Morgan fingerprint density at radius 3 is 2.62 bits per heavy atom. The van der Waals surface area contributed by atoms with Crippen LogP contribution in [0.5, 0.6) is 0 Å². The second-order valence-corrected chi connectivity index (χ2v) is 6.47. The van der Waals surface area contributed by atoms with Crippen LogP contribution in [0, 0.1) is 12.7 Å². The number of benzene rings is 1. The first kappa shape index (κ1) is 19.8. The minimum atomic E-state index is -0.463. The summed E-state index contributed by atoms with van der Waals surface area (Å²) in [7, 11) is 0. The van der Waals surface area contributed by atoms with Gasteiger partial charge in [-0.3, -0.25) is 9.59 Å². The number of halogens is 1. The van der Waals surface area contributed by atoms with Crippen molar-refractivity contribution in [1.29, 1.82) is 0 Å². The van der Waals surface area contributed by atoms with Gasteiger partial charge in [0.2, 0.25) is 5.43 Å². The number of rotatable bonds is 7. The second kappa shape index (κ2) is 8.74. The molecule has 0 spiro atoms. The Bertz CT molecular complexity index is 832. The number of aromatic nitrogens is 2. The van der Waals surface area contributed by atoms with Gasteiger partial charge in [0.1, 0.15) is 11.5 Å². The van der Waals surface area contributed by atoms with E-state index in [0.29, 0.717) is 12.2 Å². The van der Waals surface area contributed by atoms with Crippen LogP contribution in [-0.4, -0.2) is 33.2 Å². The van der Waals surface area contributed by atoms with Crippen molar-refractivity contribution in [3.05, 3.63) is 57.8 Å². The number of hydrogen-bond donors (Lipinski definition) is 0. The van der Waals surface area contributed by atoms with Crippen molar-refractivity contribution in [1.82, 2.24) is 14.7 Å². The Kier molecular flexibility index (Phi) is 6.66. The zero-order valence-electron chi connectivity index (χ0n) is 15.8. The van der Waals surface area contributed by atoms with Crippen LogP contribution < -0.4 is 5.43 Å². The van der Waals surface area contributed by atoms with Gasteiger partial charge < -0.3 is 4.90 Å². The van der Waals surface area contributed by atoms with E-state index in [9.17, 15) is 14.0 Å². The highest BCUT2D eigenvalue weighted by atomic mass is 19.1. The van der Waals surface area contributed by atoms with Crippen LogP contribution in [0.3, 0.4) is 0 Å². The number of para-hydroxylation sites is 1. The molecule has 0 bridgehead atoms. The molecule has 0 aliphatic rings. The molecule has 0 N–H and O–H groups in total. The summed E-state index contributed by atoms with van der Waals surface area (Å²) < 4.78 is 15.5. The lowest BCUT2D eigenvalue weighted by Gasteiger charge is -2.28. The number of carbonyl (C=O) groups excluding carboxylic acids is 1. The molecule has 1 atom stereocenters. The van der Waals surface area contributed by atoms with Gasteiger partial charge in [0, 0.05) is 24.3 Å². The number of carbonyl (C=O) groups is 1. The summed E-state index contributed by atoms with van der Waals surface area (Å²) in [6.45, 7) is 8.24. The summed E-state index contributed by atoms with van der Waals surface area (Å²) in [4.78, 5) is 27.1. The van der Waals surface area contributed by atoms with Gasteiger partial charge >= 0.3 is 0 Å². The van der Waals surface area contributed by atoms with Gasteiger partial charge in [-0.2, -0.15) is 5.10 Å². The summed E-state index contributed by atoms with van der Waals surface area (Å²) in [5.74, 6) is -0.863. The van der Waals surface area contributed by atoms with Crippen molar-refractivity contribution >= 4 is 5.91 Å². The summed E-state index contributed by atoms with van der Waals surface area (Å²) in [5, 5.41) is 4.22. The van der Waals surface area contributed by atoms with Gasteiger partial charge in [-0.25, -0.2) is 9.07 Å². The van der Waals surface area contributed by atoms with Crippen molar-refractivity contribution in [2.75, 3.05) is 6.54 Å². The van der Waals surface area contributed by atoms with Gasteiger partial charge in [0.05, 0.1) is 0 Å². The molecular weight excluding hydrogens is 333 g/mol. The third-order valence-electron chi connectivity index (χ3n) is 4.53. The van der Waals surface area contributed by atoms with E-state index in [4.69, 9.17) is 0 Å². The Balaban J connectivity index is 2.51. The Labute approximate surface area is 153 Å². The Hall–Kier alpha value is -2.50. The average Bonchev–Trinajstić information content (AvgIpc) is 2.62. The number of nitrogens with zero attached hydrogens (tertiary/aromatic N) is 3. The zero-order chi connectivity index (χ0) is 19.3. The van der Waals surface area contributed by atoms with Crippen molar-refractivity contribution in [3.63, 3.8) is 0 Å². The topological polar surface area (TPSA) is 55.2 Å².